The zero-order valence-electron chi connectivity index (χ0n) is 10.6. The third kappa shape index (κ3) is 1.97. The summed E-state index contributed by atoms with van der Waals surface area (Å²) >= 11 is 9.78. The maximum Gasteiger partial charge on any atom is 0.146 e. The molecule has 92 valence electrons. The van der Waals surface area contributed by atoms with E-state index in [9.17, 15) is 0 Å². The van der Waals surface area contributed by atoms with Crippen LogP contribution in [0.15, 0.2) is 4.47 Å². The third-order valence-corrected chi connectivity index (χ3v) is 4.17. The summed E-state index contributed by atoms with van der Waals surface area (Å²) in [5, 5.41) is 1.67. The van der Waals surface area contributed by atoms with E-state index in [0.717, 1.165) is 27.0 Å². The highest BCUT2D eigenvalue weighted by molar-refractivity contribution is 9.10. The van der Waals surface area contributed by atoms with E-state index < -0.39 is 0 Å². The molecule has 0 aliphatic carbocycles. The molecule has 0 aliphatic rings. The average Bonchev–Trinajstić information content (AvgIpc) is 2.42. The summed E-state index contributed by atoms with van der Waals surface area (Å²) in [5.74, 6) is 0.771. The van der Waals surface area contributed by atoms with Crippen molar-refractivity contribution >= 4 is 38.6 Å². The van der Waals surface area contributed by atoms with E-state index in [1.807, 2.05) is 18.5 Å². The highest BCUT2D eigenvalue weighted by atomic mass is 79.9. The summed E-state index contributed by atoms with van der Waals surface area (Å²) in [4.78, 5) is 9.04. The first-order valence-corrected chi connectivity index (χ1v) is 6.59. The van der Waals surface area contributed by atoms with Gasteiger partial charge in [0.1, 0.15) is 16.6 Å². The number of aryl methyl sites for hydroxylation is 2. The van der Waals surface area contributed by atoms with Crippen molar-refractivity contribution in [2.24, 2.45) is 7.05 Å². The van der Waals surface area contributed by atoms with E-state index in [1.165, 1.54) is 0 Å². The van der Waals surface area contributed by atoms with Crippen molar-refractivity contribution in [3.05, 3.63) is 21.1 Å². The SMILES string of the molecule is Cc1nc(C(C)(C)C)c2c(Br)c(Cl)n(C)c2n1. The molecule has 0 saturated carbocycles. The number of aromatic nitrogens is 3. The fraction of sp³-hybridized carbons (Fsp3) is 0.500. The van der Waals surface area contributed by atoms with Crippen LogP contribution in [0.4, 0.5) is 0 Å². The topological polar surface area (TPSA) is 30.7 Å². The van der Waals surface area contributed by atoms with Crippen LogP contribution in [-0.2, 0) is 12.5 Å². The van der Waals surface area contributed by atoms with Gasteiger partial charge in [-0.1, -0.05) is 32.4 Å². The second-order valence-corrected chi connectivity index (χ2v) is 6.38. The van der Waals surface area contributed by atoms with Gasteiger partial charge in [-0.25, -0.2) is 9.97 Å². The van der Waals surface area contributed by atoms with E-state index in [1.54, 1.807) is 0 Å². The molecule has 17 heavy (non-hydrogen) atoms. The summed E-state index contributed by atoms with van der Waals surface area (Å²) < 4.78 is 2.76. The van der Waals surface area contributed by atoms with Gasteiger partial charge in [0, 0.05) is 12.5 Å². The Morgan fingerprint density at radius 2 is 1.82 bits per heavy atom. The van der Waals surface area contributed by atoms with Gasteiger partial charge in [-0.15, -0.1) is 0 Å². The molecule has 0 spiro atoms. The fourth-order valence-corrected chi connectivity index (χ4v) is 2.69. The lowest BCUT2D eigenvalue weighted by Gasteiger charge is -2.19. The van der Waals surface area contributed by atoms with Crippen LogP contribution in [0.5, 0.6) is 0 Å². The lowest BCUT2D eigenvalue weighted by molar-refractivity contribution is 0.571. The lowest BCUT2D eigenvalue weighted by atomic mass is 9.90. The number of hydrogen-bond donors (Lipinski definition) is 0. The van der Waals surface area contributed by atoms with Gasteiger partial charge in [-0.2, -0.15) is 0 Å². The van der Waals surface area contributed by atoms with E-state index in [-0.39, 0.29) is 5.41 Å². The van der Waals surface area contributed by atoms with Crippen LogP contribution < -0.4 is 0 Å². The molecule has 0 amide bonds. The van der Waals surface area contributed by atoms with Crippen molar-refractivity contribution in [1.82, 2.24) is 14.5 Å². The first-order valence-electron chi connectivity index (χ1n) is 5.42. The summed E-state index contributed by atoms with van der Waals surface area (Å²) in [5.41, 5.74) is 1.85. The molecule has 2 heterocycles. The number of hydrogen-bond acceptors (Lipinski definition) is 2. The van der Waals surface area contributed by atoms with Crippen LogP contribution >= 0.6 is 27.5 Å². The molecular weight excluding hydrogens is 302 g/mol. The summed E-state index contributed by atoms with van der Waals surface area (Å²) in [6, 6.07) is 0. The Bertz CT molecular complexity index is 596. The van der Waals surface area contributed by atoms with Crippen molar-refractivity contribution in [3.63, 3.8) is 0 Å². The fourth-order valence-electron chi connectivity index (χ4n) is 1.89. The van der Waals surface area contributed by atoms with E-state index in [2.05, 4.69) is 46.7 Å². The molecule has 0 saturated heterocycles. The predicted octanol–water partition coefficient (Wildman–Crippen LogP) is 3.99. The van der Waals surface area contributed by atoms with E-state index in [0.29, 0.717) is 5.15 Å². The average molecular weight is 317 g/mol. The smallest absolute Gasteiger partial charge is 0.146 e. The quantitative estimate of drug-likeness (QED) is 0.736. The number of rotatable bonds is 0. The van der Waals surface area contributed by atoms with E-state index >= 15 is 0 Å². The Hall–Kier alpha value is -0.610. The van der Waals surface area contributed by atoms with Gasteiger partial charge in [-0.3, -0.25) is 0 Å². The molecule has 2 aromatic rings. The van der Waals surface area contributed by atoms with Crippen LogP contribution in [0.2, 0.25) is 5.15 Å². The van der Waals surface area contributed by atoms with Gasteiger partial charge in [0.05, 0.1) is 15.6 Å². The van der Waals surface area contributed by atoms with E-state index in [4.69, 9.17) is 11.6 Å². The Balaban J connectivity index is 2.99. The minimum absolute atomic E-state index is 0.0425. The minimum atomic E-state index is -0.0425. The minimum Gasteiger partial charge on any atom is -0.318 e. The predicted molar refractivity (Wildman–Crippen MR) is 74.7 cm³/mol. The van der Waals surface area contributed by atoms with Crippen LogP contribution in [0.25, 0.3) is 11.0 Å². The zero-order chi connectivity index (χ0) is 13.0. The zero-order valence-corrected chi connectivity index (χ0v) is 12.9. The molecular formula is C12H15BrClN3. The maximum absolute atomic E-state index is 6.24. The van der Waals surface area contributed by atoms with Gasteiger partial charge in [0.2, 0.25) is 0 Å². The second kappa shape index (κ2) is 3.95. The van der Waals surface area contributed by atoms with Crippen molar-refractivity contribution in [2.75, 3.05) is 0 Å². The normalized spacial score (nSPS) is 12.4. The van der Waals surface area contributed by atoms with Crippen molar-refractivity contribution < 1.29 is 0 Å². The van der Waals surface area contributed by atoms with Crippen molar-refractivity contribution in [2.45, 2.75) is 33.1 Å². The monoisotopic (exact) mass is 315 g/mol. The molecule has 0 radical (unpaired) electrons. The molecule has 0 unspecified atom stereocenters. The van der Waals surface area contributed by atoms with Crippen LogP contribution in [0, 0.1) is 6.92 Å². The standard InChI is InChI=1S/C12H15BrClN3/c1-6-15-9(12(2,3)4)7-8(13)10(14)17(5)11(7)16-6/h1-5H3. The van der Waals surface area contributed by atoms with Crippen molar-refractivity contribution in [1.29, 1.82) is 0 Å². The maximum atomic E-state index is 6.24. The Kier molecular flexibility index (Phi) is 2.99. The van der Waals surface area contributed by atoms with Crippen LogP contribution in [0.3, 0.4) is 0 Å². The number of halogens is 2. The lowest BCUT2D eigenvalue weighted by Crippen LogP contribution is -2.15. The van der Waals surface area contributed by atoms with Gasteiger partial charge in [0.25, 0.3) is 0 Å². The highest BCUT2D eigenvalue weighted by Crippen LogP contribution is 2.38. The van der Waals surface area contributed by atoms with Crippen LogP contribution in [0.1, 0.15) is 32.3 Å². The first-order chi connectivity index (χ1) is 7.73. The molecule has 0 aliphatic heterocycles. The summed E-state index contributed by atoms with van der Waals surface area (Å²) in [6.45, 7) is 8.33. The van der Waals surface area contributed by atoms with Crippen molar-refractivity contribution in [3.8, 4) is 0 Å². The van der Waals surface area contributed by atoms with Gasteiger partial charge >= 0.3 is 0 Å². The van der Waals surface area contributed by atoms with Gasteiger partial charge < -0.3 is 4.57 Å². The first kappa shape index (κ1) is 12.8. The van der Waals surface area contributed by atoms with Gasteiger partial charge in [0.15, 0.2) is 0 Å². The largest absolute Gasteiger partial charge is 0.318 e. The molecule has 0 bridgehead atoms. The molecule has 0 atom stereocenters. The molecule has 2 rings (SSSR count). The van der Waals surface area contributed by atoms with Crippen LogP contribution in [-0.4, -0.2) is 14.5 Å². The molecule has 0 aromatic carbocycles. The Morgan fingerprint density at radius 3 is 2.35 bits per heavy atom. The molecule has 5 heteroatoms. The molecule has 0 fully saturated rings. The third-order valence-electron chi connectivity index (χ3n) is 2.72. The number of nitrogens with zero attached hydrogens (tertiary/aromatic N) is 3. The Labute approximate surface area is 114 Å². The molecule has 0 N–H and O–H groups in total. The summed E-state index contributed by atoms with van der Waals surface area (Å²) in [6.07, 6.45) is 0. The molecule has 3 nitrogen and oxygen atoms in total. The summed E-state index contributed by atoms with van der Waals surface area (Å²) in [7, 11) is 1.91. The highest BCUT2D eigenvalue weighted by Gasteiger charge is 2.25. The second-order valence-electron chi connectivity index (χ2n) is 5.23. The Morgan fingerprint density at radius 1 is 1.24 bits per heavy atom. The molecule has 2 aromatic heterocycles. The van der Waals surface area contributed by atoms with Gasteiger partial charge in [-0.05, 0) is 22.9 Å². The number of fused-ring (bicyclic) bond motifs is 1.